The number of aromatic amines is 3. The van der Waals surface area contributed by atoms with Gasteiger partial charge in [0.15, 0.2) is 17.5 Å². The van der Waals surface area contributed by atoms with Crippen LogP contribution in [0.1, 0.15) is 55.3 Å². The number of esters is 1. The van der Waals surface area contributed by atoms with Crippen molar-refractivity contribution in [2.24, 2.45) is 0 Å². The number of thiazole rings is 3. The minimum Gasteiger partial charge on any atom is -0.617 e. The zero-order chi connectivity index (χ0) is 72.5. The smallest absolute Gasteiger partial charge is 0.439 e. The highest BCUT2D eigenvalue weighted by Crippen LogP contribution is 2.40. The van der Waals surface area contributed by atoms with E-state index in [4.69, 9.17) is 33.2 Å². The molecule has 12 rings (SSSR count). The van der Waals surface area contributed by atoms with Crippen LogP contribution in [0, 0.1) is 19.1 Å². The third kappa shape index (κ3) is 17.9. The summed E-state index contributed by atoms with van der Waals surface area (Å²) < 4.78 is 168. The van der Waals surface area contributed by atoms with E-state index in [2.05, 4.69) is 54.0 Å². The van der Waals surface area contributed by atoms with Gasteiger partial charge < -0.3 is 38.4 Å². The molecule has 6 aromatic heterocycles. The van der Waals surface area contributed by atoms with E-state index < -0.39 is 58.5 Å². The minimum absolute atomic E-state index is 0.0399. The number of ether oxygens (including phenoxy) is 7. The molecule has 0 radical (unpaired) electrons. The fourth-order valence-electron chi connectivity index (χ4n) is 9.16. The van der Waals surface area contributed by atoms with Crippen molar-refractivity contribution in [3.8, 4) is 100 Å². The molecule has 0 amide bonds. The summed E-state index contributed by atoms with van der Waals surface area (Å²) in [6, 6.07) is 28.7. The van der Waals surface area contributed by atoms with Crippen LogP contribution in [-0.4, -0.2) is 67.7 Å². The minimum atomic E-state index is -4.45. The number of hydrogen-bond acceptors (Lipinski definition) is 23. The summed E-state index contributed by atoms with van der Waals surface area (Å²) in [4.78, 5) is 63.2. The van der Waals surface area contributed by atoms with Gasteiger partial charge >= 0.3 is 41.8 Å². The molecule has 0 atom stereocenters. The average molecular weight is 1460 g/mol. The van der Waals surface area contributed by atoms with Crippen LogP contribution >= 0.6 is 34.0 Å². The maximum Gasteiger partial charge on any atom is 0.439 e. The first-order valence-corrected chi connectivity index (χ1v) is 31.4. The van der Waals surface area contributed by atoms with Crippen molar-refractivity contribution in [2.45, 2.75) is 65.7 Å². The molecule has 0 unspecified atom stereocenters. The number of H-pyrrole nitrogens is 3. The number of hydrogen-bond donors (Lipinski definition) is 3. The van der Waals surface area contributed by atoms with Gasteiger partial charge in [-0.2, -0.15) is 44.2 Å². The van der Waals surface area contributed by atoms with Crippen LogP contribution in [-0.2, 0) is 54.5 Å². The third-order valence-electron chi connectivity index (χ3n) is 14.3. The van der Waals surface area contributed by atoms with Gasteiger partial charge in [-0.25, -0.2) is 24.4 Å². The topological polar surface area (TPSA) is 311 Å². The van der Waals surface area contributed by atoms with Crippen LogP contribution in [0.5, 0.6) is 34.5 Å². The van der Waals surface area contributed by atoms with Crippen LogP contribution in [0.2, 0.25) is 0 Å². The number of alkyl halides is 9. The van der Waals surface area contributed by atoms with Crippen LogP contribution in [0.15, 0.2) is 155 Å². The van der Waals surface area contributed by atoms with Gasteiger partial charge in [-0.1, -0.05) is 51.1 Å². The Labute approximate surface area is 573 Å². The zero-order valence-corrected chi connectivity index (χ0v) is 55.3. The summed E-state index contributed by atoms with van der Waals surface area (Å²) in [5, 5.41) is 24.8. The lowest BCUT2D eigenvalue weighted by Crippen LogP contribution is -2.29. The van der Waals surface area contributed by atoms with E-state index in [9.17, 15) is 63.9 Å². The molecular formula is C65H50F9N9O15S3. The maximum atomic E-state index is 12.9. The second-order valence-corrected chi connectivity index (χ2v) is 24.2. The molecule has 0 saturated carbocycles. The number of rotatable bonds is 20. The lowest BCUT2D eigenvalue weighted by molar-refractivity contribution is -0.596. The first-order chi connectivity index (χ1) is 48.0. The van der Waals surface area contributed by atoms with Gasteiger partial charge in [0, 0.05) is 43.2 Å². The van der Waals surface area contributed by atoms with E-state index in [1.165, 1.54) is 87.3 Å². The number of benzene rings is 6. The number of halogens is 9. The molecule has 24 nitrogen and oxygen atoms in total. The molecule has 0 saturated heterocycles. The standard InChI is InChI=1S/C23H18F3N3O6S.C21H16F3N3O5S.C21H16F3N3O4S/c1-12(30)33-10-17-19(36-21(27-17)13-3-5-14(6-4-13)23(24,25)26)11-34-15-7-8-16(18(9-15)32-2)20-28-22(31)35-29-20;1-11-17(33-19(27(11)29)12-3-5-13(6-4-12)21(22,23)24)10-31-14-7-8-15(16(9-14)30-2)18-25-20(28)32-26-18;1-11-17(32-19(25-11)12-3-5-13(6-4-12)21(22,23)24)10-30-14-7-8-15(16(9-14)29-2)18-26-20(28)31-27-18/h3-9H,10-11H2,1-2H3,(H,28,29,31);3-9H,10H2,1-2H3,(H,25,26,28);3-9H,10H2,1-2H3,(H,26,27,28). The summed E-state index contributed by atoms with van der Waals surface area (Å²) in [6.07, 6.45) is -13.3. The van der Waals surface area contributed by atoms with E-state index in [0.717, 1.165) is 58.3 Å². The Hall–Kier alpha value is -11.5. The van der Waals surface area contributed by atoms with Crippen molar-refractivity contribution < 1.29 is 95.8 Å². The first-order valence-electron chi connectivity index (χ1n) is 29.0. The van der Waals surface area contributed by atoms with Crippen LogP contribution in [0.25, 0.3) is 65.9 Å². The number of carbonyl (C=O) groups excluding carboxylic acids is 1. The van der Waals surface area contributed by atoms with E-state index in [1.807, 2.05) is 6.92 Å². The van der Waals surface area contributed by atoms with Gasteiger partial charge in [0.05, 0.1) is 81.4 Å². The van der Waals surface area contributed by atoms with E-state index in [1.54, 1.807) is 61.5 Å². The summed E-state index contributed by atoms with van der Waals surface area (Å²) in [5.74, 6) is 0.586. The van der Waals surface area contributed by atoms with Gasteiger partial charge in [0.1, 0.15) is 75.8 Å². The molecule has 526 valence electrons. The Balaban J connectivity index is 0.000000164. The van der Waals surface area contributed by atoms with Gasteiger partial charge in [-0.05, 0) is 91.9 Å². The summed E-state index contributed by atoms with van der Waals surface area (Å²) in [6.45, 7) is 4.88. The molecule has 6 heterocycles. The molecule has 0 bridgehead atoms. The van der Waals surface area contributed by atoms with Crippen molar-refractivity contribution in [3.63, 3.8) is 0 Å². The average Bonchev–Trinajstić information content (AvgIpc) is 1.70. The molecule has 0 spiro atoms. The monoisotopic (exact) mass is 1460 g/mol. The Morgan fingerprint density at radius 3 is 1.20 bits per heavy atom. The molecule has 12 aromatic rings. The maximum absolute atomic E-state index is 12.9. The van der Waals surface area contributed by atoms with Crippen molar-refractivity contribution in [2.75, 3.05) is 21.3 Å². The van der Waals surface area contributed by atoms with Crippen LogP contribution in [0.4, 0.5) is 39.5 Å². The van der Waals surface area contributed by atoms with Gasteiger partial charge in [0.2, 0.25) is 5.69 Å². The molecule has 6 aromatic carbocycles. The van der Waals surface area contributed by atoms with Gasteiger partial charge in [0.25, 0.3) is 5.01 Å². The summed E-state index contributed by atoms with van der Waals surface area (Å²) >= 11 is 3.69. The molecule has 101 heavy (non-hydrogen) atoms. The van der Waals surface area contributed by atoms with E-state index in [-0.39, 0.29) is 48.9 Å². The van der Waals surface area contributed by atoms with Crippen molar-refractivity contribution in [1.29, 1.82) is 0 Å². The number of carbonyl (C=O) groups is 1. The number of aromatic nitrogens is 9. The number of nitrogens with one attached hydrogen (secondary N) is 3. The predicted octanol–water partition coefficient (Wildman–Crippen LogP) is 14.2. The molecule has 0 aliphatic carbocycles. The second-order valence-electron chi connectivity index (χ2n) is 20.9. The quantitative estimate of drug-likeness (QED) is 0.0276. The Bertz CT molecular complexity index is 5050. The van der Waals surface area contributed by atoms with E-state index >= 15 is 0 Å². The normalized spacial score (nSPS) is 11.5. The van der Waals surface area contributed by atoms with Crippen molar-refractivity contribution in [1.82, 2.24) is 40.4 Å². The largest absolute Gasteiger partial charge is 0.617 e. The Morgan fingerprint density at radius 1 is 0.485 bits per heavy atom. The summed E-state index contributed by atoms with van der Waals surface area (Å²) in [5.41, 5.74) is 2.26. The molecular weight excluding hydrogens is 1410 g/mol. The lowest BCUT2D eigenvalue weighted by Gasteiger charge is -2.10. The SMILES string of the molecule is COc1cc(OCc2sc(-c3ccc(C(F)(F)F)cc3)[n+]([O-])c2C)ccc1-c1noc(=O)[nH]1.COc1cc(OCc2sc(-c3ccc(C(F)(F)F)cc3)nc2C)ccc1-c1noc(=O)[nH]1.COc1cc(OCc2sc(-c3ccc(C(F)(F)F)cc3)nc2COC(C)=O)ccc1-c1noc(=O)[nH]1. The Morgan fingerprint density at radius 2 is 0.842 bits per heavy atom. The summed E-state index contributed by atoms with van der Waals surface area (Å²) in [7, 11) is 4.36. The number of aryl methyl sites for hydroxylation is 1. The highest BCUT2D eigenvalue weighted by Gasteiger charge is 2.33. The fraction of sp³-hybridized carbons (Fsp3) is 0.200. The van der Waals surface area contributed by atoms with Crippen LogP contribution < -0.4 is 50.4 Å². The fourth-order valence-corrected chi connectivity index (χ4v) is 12.2. The highest BCUT2D eigenvalue weighted by molar-refractivity contribution is 7.15. The molecule has 0 aliphatic heterocycles. The van der Waals surface area contributed by atoms with Crippen LogP contribution in [0.3, 0.4) is 0 Å². The predicted molar refractivity (Wildman–Crippen MR) is 344 cm³/mol. The first kappa shape index (κ1) is 72.2. The lowest BCUT2D eigenvalue weighted by atomic mass is 10.1. The zero-order valence-electron chi connectivity index (χ0n) is 52.9. The molecule has 0 aliphatic rings. The molecule has 36 heteroatoms. The molecule has 3 N–H and O–H groups in total. The third-order valence-corrected chi connectivity index (χ3v) is 17.8. The number of nitrogens with zero attached hydrogens (tertiary/aromatic N) is 6. The highest BCUT2D eigenvalue weighted by atomic mass is 32.1. The molecule has 0 fully saturated rings. The van der Waals surface area contributed by atoms with E-state index in [0.29, 0.717) is 104 Å². The Kier molecular flexibility index (Phi) is 22.0. The van der Waals surface area contributed by atoms with Crippen molar-refractivity contribution >= 4 is 40.0 Å². The number of methoxy groups -OCH3 is 3. The second kappa shape index (κ2) is 30.7. The van der Waals surface area contributed by atoms with Gasteiger partial charge in [-0.3, -0.25) is 33.3 Å². The van der Waals surface area contributed by atoms with Gasteiger partial charge in [-0.15, -0.1) is 22.7 Å². The van der Waals surface area contributed by atoms with Crippen molar-refractivity contribution in [3.05, 3.63) is 213 Å².